The van der Waals surface area contributed by atoms with Gasteiger partial charge in [-0.25, -0.2) is 4.98 Å². The lowest BCUT2D eigenvalue weighted by molar-refractivity contribution is -0.385. The maximum Gasteiger partial charge on any atom is 0.313 e. The molecule has 0 saturated heterocycles. The lowest BCUT2D eigenvalue weighted by atomic mass is 10.1. The summed E-state index contributed by atoms with van der Waals surface area (Å²) in [4.78, 5) is 29.7. The van der Waals surface area contributed by atoms with Gasteiger partial charge in [-0.1, -0.05) is 64.6 Å². The molecule has 0 radical (unpaired) electrons. The predicted molar refractivity (Wildman–Crippen MR) is 168 cm³/mol. The summed E-state index contributed by atoms with van der Waals surface area (Å²) in [6.45, 7) is -0.121. The first kappa shape index (κ1) is 28.7. The van der Waals surface area contributed by atoms with E-state index in [2.05, 4.69) is 10.1 Å². The van der Waals surface area contributed by atoms with Gasteiger partial charge in [0.15, 0.2) is 5.76 Å². The average Bonchev–Trinajstić information content (AvgIpc) is 3.39. The second-order valence-corrected chi connectivity index (χ2v) is 10.9. The van der Waals surface area contributed by atoms with E-state index < -0.39 is 16.2 Å². The first-order valence-corrected chi connectivity index (χ1v) is 14.0. The van der Waals surface area contributed by atoms with Crippen LogP contribution >= 0.6 is 46.4 Å². The first-order chi connectivity index (χ1) is 20.7. The van der Waals surface area contributed by atoms with E-state index in [0.717, 1.165) is 10.7 Å². The van der Waals surface area contributed by atoms with Crippen LogP contribution in [0.3, 0.4) is 0 Å². The molecule has 0 aliphatic rings. The van der Waals surface area contributed by atoms with Gasteiger partial charge in [-0.05, 0) is 54.6 Å². The summed E-state index contributed by atoms with van der Waals surface area (Å²) in [5.74, 6) is 0.216. The van der Waals surface area contributed by atoms with Crippen molar-refractivity contribution in [1.82, 2.24) is 9.66 Å². The van der Waals surface area contributed by atoms with Crippen LogP contribution in [0.15, 0.2) is 93.2 Å². The molecule has 2 heterocycles. The van der Waals surface area contributed by atoms with E-state index in [9.17, 15) is 14.9 Å². The normalized spacial score (nSPS) is 11.5. The van der Waals surface area contributed by atoms with E-state index in [0.29, 0.717) is 42.5 Å². The minimum atomic E-state index is -0.628. The molecule has 0 spiro atoms. The Morgan fingerprint density at radius 1 is 0.953 bits per heavy atom. The molecule has 9 nitrogen and oxygen atoms in total. The first-order valence-electron chi connectivity index (χ1n) is 12.5. The number of para-hydroxylation sites is 1. The number of hydrogen-bond acceptors (Lipinski definition) is 7. The molecule has 214 valence electrons. The summed E-state index contributed by atoms with van der Waals surface area (Å²) in [6.07, 6.45) is 1.23. The SMILES string of the molecule is O=c1c2ccccc2nc(-c2cc3cc(Cl)ccc3o2)n1N=Cc1cc(Cl)cc([N+](=O)[O-])c1OCc1ccc(Cl)cc1Cl. The molecule has 0 unspecified atom stereocenters. The number of ether oxygens (including phenoxy) is 1. The molecule has 6 rings (SSSR count). The van der Waals surface area contributed by atoms with Crippen LogP contribution in [-0.4, -0.2) is 20.8 Å². The largest absolute Gasteiger partial charge is 0.481 e. The number of benzene rings is 4. The molecule has 2 aromatic heterocycles. The van der Waals surface area contributed by atoms with Gasteiger partial charge in [0.05, 0.1) is 22.0 Å². The standard InChI is InChI=1S/C30H16Cl4N4O5/c31-19-7-8-26-17(9-19)11-27(43-26)29-36-24-4-2-1-3-22(24)30(39)37(29)35-14-18-10-21(33)13-25(38(40)41)28(18)42-15-16-5-6-20(32)12-23(16)34/h1-14H,15H2. The molecule has 43 heavy (non-hydrogen) atoms. The van der Waals surface area contributed by atoms with Crippen LogP contribution in [0.25, 0.3) is 33.5 Å². The third kappa shape index (κ3) is 5.80. The second-order valence-electron chi connectivity index (χ2n) is 9.23. The van der Waals surface area contributed by atoms with Crippen molar-refractivity contribution in [2.24, 2.45) is 5.10 Å². The van der Waals surface area contributed by atoms with Crippen LogP contribution in [0, 0.1) is 10.1 Å². The smallest absolute Gasteiger partial charge is 0.313 e. The van der Waals surface area contributed by atoms with Gasteiger partial charge in [-0.3, -0.25) is 14.9 Å². The summed E-state index contributed by atoms with van der Waals surface area (Å²) in [6, 6.07) is 21.0. The van der Waals surface area contributed by atoms with E-state index >= 15 is 0 Å². The maximum absolute atomic E-state index is 13.7. The van der Waals surface area contributed by atoms with Crippen LogP contribution in [-0.2, 0) is 6.61 Å². The zero-order valence-electron chi connectivity index (χ0n) is 21.6. The van der Waals surface area contributed by atoms with Crippen molar-refractivity contribution in [3.63, 3.8) is 0 Å². The zero-order valence-corrected chi connectivity index (χ0v) is 24.7. The van der Waals surface area contributed by atoms with Gasteiger partial charge in [0.2, 0.25) is 11.6 Å². The molecular formula is C30H16Cl4N4O5. The Kier molecular flexibility index (Phi) is 7.81. The van der Waals surface area contributed by atoms with Crippen molar-refractivity contribution in [2.45, 2.75) is 6.61 Å². The van der Waals surface area contributed by atoms with Crippen molar-refractivity contribution >= 4 is 80.2 Å². The fourth-order valence-electron chi connectivity index (χ4n) is 4.41. The summed E-state index contributed by atoms with van der Waals surface area (Å²) >= 11 is 24.7. The maximum atomic E-state index is 13.7. The van der Waals surface area contributed by atoms with Crippen molar-refractivity contribution in [1.29, 1.82) is 0 Å². The Bertz CT molecular complexity index is 2160. The highest BCUT2D eigenvalue weighted by Gasteiger charge is 2.22. The van der Waals surface area contributed by atoms with Crippen molar-refractivity contribution in [3.8, 4) is 17.3 Å². The van der Waals surface area contributed by atoms with Crippen LogP contribution in [0.5, 0.6) is 5.75 Å². The molecule has 4 aromatic carbocycles. The van der Waals surface area contributed by atoms with Crippen molar-refractivity contribution in [2.75, 3.05) is 0 Å². The minimum Gasteiger partial charge on any atom is -0.481 e. The molecule has 0 bridgehead atoms. The molecule has 0 aliphatic heterocycles. The number of rotatable bonds is 7. The Hall–Kier alpha value is -4.41. The van der Waals surface area contributed by atoms with Gasteiger partial charge >= 0.3 is 5.69 Å². The van der Waals surface area contributed by atoms with Gasteiger partial charge in [0.1, 0.15) is 12.2 Å². The molecule has 0 fully saturated rings. The fourth-order valence-corrected chi connectivity index (χ4v) is 5.28. The van der Waals surface area contributed by atoms with Crippen LogP contribution in [0.4, 0.5) is 5.69 Å². The second kappa shape index (κ2) is 11.7. The third-order valence-corrected chi connectivity index (χ3v) is 7.45. The quantitative estimate of drug-likeness (QED) is 0.0966. The van der Waals surface area contributed by atoms with Crippen molar-refractivity contribution < 1.29 is 14.1 Å². The Labute approximate surface area is 262 Å². The molecular weight excluding hydrogens is 638 g/mol. The van der Waals surface area contributed by atoms with E-state index in [-0.39, 0.29) is 34.5 Å². The van der Waals surface area contributed by atoms with Crippen LogP contribution in [0.2, 0.25) is 20.1 Å². The Morgan fingerprint density at radius 2 is 1.72 bits per heavy atom. The highest BCUT2D eigenvalue weighted by Crippen LogP contribution is 2.35. The van der Waals surface area contributed by atoms with E-state index in [1.807, 2.05) is 0 Å². The number of aromatic nitrogens is 2. The molecule has 0 amide bonds. The number of hydrogen-bond donors (Lipinski definition) is 0. The zero-order chi connectivity index (χ0) is 30.2. The van der Waals surface area contributed by atoms with Crippen LogP contribution < -0.4 is 10.3 Å². The highest BCUT2D eigenvalue weighted by atomic mass is 35.5. The van der Waals surface area contributed by atoms with Crippen LogP contribution in [0.1, 0.15) is 11.1 Å². The Morgan fingerprint density at radius 3 is 2.51 bits per heavy atom. The van der Waals surface area contributed by atoms with E-state index in [4.69, 9.17) is 55.6 Å². The number of fused-ring (bicyclic) bond motifs is 2. The number of nitro groups is 1. The lowest BCUT2D eigenvalue weighted by Crippen LogP contribution is -2.20. The highest BCUT2D eigenvalue weighted by molar-refractivity contribution is 6.35. The van der Waals surface area contributed by atoms with Gasteiger partial charge in [-0.2, -0.15) is 9.78 Å². The summed E-state index contributed by atoms with van der Waals surface area (Å²) < 4.78 is 12.9. The van der Waals surface area contributed by atoms with E-state index in [1.165, 1.54) is 18.3 Å². The molecule has 0 aliphatic carbocycles. The average molecular weight is 654 g/mol. The molecule has 13 heteroatoms. The number of halogens is 4. The predicted octanol–water partition coefficient (Wildman–Crippen LogP) is 8.79. The third-order valence-electron chi connectivity index (χ3n) is 6.41. The lowest BCUT2D eigenvalue weighted by Gasteiger charge is -2.12. The molecule has 6 aromatic rings. The fraction of sp³-hybridized carbons (Fsp3) is 0.0333. The van der Waals surface area contributed by atoms with E-state index in [1.54, 1.807) is 60.7 Å². The Balaban J connectivity index is 1.49. The topological polar surface area (TPSA) is 113 Å². The number of furan rings is 1. The monoisotopic (exact) mass is 652 g/mol. The summed E-state index contributed by atoms with van der Waals surface area (Å²) in [7, 11) is 0. The minimum absolute atomic E-state index is 0.0587. The van der Waals surface area contributed by atoms with Gasteiger partial charge in [0.25, 0.3) is 5.56 Å². The summed E-state index contributed by atoms with van der Waals surface area (Å²) in [5, 5.41) is 18.7. The number of nitro benzene ring substituents is 1. The van der Waals surface area contributed by atoms with Gasteiger partial charge in [0, 0.05) is 42.7 Å². The van der Waals surface area contributed by atoms with Crippen molar-refractivity contribution in [3.05, 3.63) is 131 Å². The molecule has 0 saturated carbocycles. The molecule has 0 N–H and O–H groups in total. The number of nitrogens with zero attached hydrogens (tertiary/aromatic N) is 4. The van der Waals surface area contributed by atoms with Gasteiger partial charge < -0.3 is 9.15 Å². The summed E-state index contributed by atoms with van der Waals surface area (Å²) in [5.41, 5.74) is 0.723. The van der Waals surface area contributed by atoms with Gasteiger partial charge in [-0.15, -0.1) is 0 Å². The molecule has 0 atom stereocenters.